The van der Waals surface area contributed by atoms with Gasteiger partial charge in [-0.3, -0.25) is 4.79 Å². The third-order valence-electron chi connectivity index (χ3n) is 4.11. The minimum absolute atomic E-state index is 0.101. The van der Waals surface area contributed by atoms with E-state index in [0.29, 0.717) is 41.3 Å². The van der Waals surface area contributed by atoms with Gasteiger partial charge in [-0.05, 0) is 41.8 Å². The molecule has 2 aromatic rings. The lowest BCUT2D eigenvalue weighted by molar-refractivity contribution is -0.137. The molecule has 0 fully saturated rings. The third kappa shape index (κ3) is 5.55. The first-order chi connectivity index (χ1) is 13.3. The van der Waals surface area contributed by atoms with Crippen LogP contribution in [-0.4, -0.2) is 33.8 Å². The molecule has 1 N–H and O–H groups in total. The van der Waals surface area contributed by atoms with Gasteiger partial charge < -0.3 is 19.5 Å². The van der Waals surface area contributed by atoms with Gasteiger partial charge in [0.2, 0.25) is 11.7 Å². The van der Waals surface area contributed by atoms with Crippen molar-refractivity contribution in [2.45, 2.75) is 19.0 Å². The SMILES string of the molecule is COc1cc(CC(=O)NCCc2ccc(C(F)(F)F)cc2)cc(OC)c1OC. The monoisotopic (exact) mass is 397 g/mol. The van der Waals surface area contributed by atoms with Crippen LogP contribution in [0.2, 0.25) is 0 Å². The maximum absolute atomic E-state index is 12.6. The van der Waals surface area contributed by atoms with Crippen molar-refractivity contribution in [2.75, 3.05) is 27.9 Å². The van der Waals surface area contributed by atoms with Gasteiger partial charge in [0.05, 0.1) is 33.3 Å². The number of ether oxygens (including phenoxy) is 3. The van der Waals surface area contributed by atoms with Crippen LogP contribution in [0.1, 0.15) is 16.7 Å². The fraction of sp³-hybridized carbons (Fsp3) is 0.350. The Labute approximate surface area is 161 Å². The van der Waals surface area contributed by atoms with Crippen LogP contribution >= 0.6 is 0 Å². The van der Waals surface area contributed by atoms with E-state index in [1.807, 2.05) is 0 Å². The average molecular weight is 397 g/mol. The van der Waals surface area contributed by atoms with E-state index in [0.717, 1.165) is 12.1 Å². The second kappa shape index (κ2) is 9.34. The molecule has 0 saturated heterocycles. The lowest BCUT2D eigenvalue weighted by atomic mass is 10.1. The molecule has 0 atom stereocenters. The minimum atomic E-state index is -4.35. The van der Waals surface area contributed by atoms with E-state index in [1.54, 1.807) is 12.1 Å². The molecule has 8 heteroatoms. The zero-order valence-electron chi connectivity index (χ0n) is 15.9. The van der Waals surface area contributed by atoms with Gasteiger partial charge in [0.25, 0.3) is 0 Å². The molecule has 0 aliphatic heterocycles. The molecule has 0 aliphatic rings. The molecule has 1 amide bonds. The number of hydrogen-bond donors (Lipinski definition) is 1. The molecule has 0 radical (unpaired) electrons. The molecule has 2 aromatic carbocycles. The standard InChI is InChI=1S/C20H22F3NO4/c1-26-16-10-14(11-17(27-2)19(16)28-3)12-18(25)24-9-8-13-4-6-15(7-5-13)20(21,22)23/h4-7,10-11H,8-9,12H2,1-3H3,(H,24,25). The maximum atomic E-state index is 12.6. The summed E-state index contributed by atoms with van der Waals surface area (Å²) in [5.41, 5.74) is 0.699. The first-order valence-electron chi connectivity index (χ1n) is 8.50. The van der Waals surface area contributed by atoms with Gasteiger partial charge in [-0.2, -0.15) is 13.2 Å². The molecule has 0 heterocycles. The highest BCUT2D eigenvalue weighted by Gasteiger charge is 2.29. The largest absolute Gasteiger partial charge is 0.493 e. The molecule has 0 aromatic heterocycles. The zero-order chi connectivity index (χ0) is 20.7. The zero-order valence-corrected chi connectivity index (χ0v) is 15.9. The van der Waals surface area contributed by atoms with Gasteiger partial charge in [0.1, 0.15) is 0 Å². The average Bonchev–Trinajstić information content (AvgIpc) is 2.66. The van der Waals surface area contributed by atoms with E-state index in [1.165, 1.54) is 33.5 Å². The minimum Gasteiger partial charge on any atom is -0.493 e. The predicted octanol–water partition coefficient (Wildman–Crippen LogP) is 3.63. The molecular weight excluding hydrogens is 375 g/mol. The van der Waals surface area contributed by atoms with Crippen LogP contribution in [-0.2, 0) is 23.8 Å². The van der Waals surface area contributed by atoms with E-state index in [-0.39, 0.29) is 12.3 Å². The molecule has 2 rings (SSSR count). The molecule has 28 heavy (non-hydrogen) atoms. The van der Waals surface area contributed by atoms with Crippen molar-refractivity contribution < 1.29 is 32.2 Å². The van der Waals surface area contributed by atoms with E-state index >= 15 is 0 Å². The van der Waals surface area contributed by atoms with Crippen molar-refractivity contribution in [1.29, 1.82) is 0 Å². The lowest BCUT2D eigenvalue weighted by Gasteiger charge is -2.14. The number of alkyl halides is 3. The molecule has 0 spiro atoms. The van der Waals surface area contributed by atoms with Crippen LogP contribution in [0.4, 0.5) is 13.2 Å². The first kappa shape index (κ1) is 21.4. The quantitative estimate of drug-likeness (QED) is 0.739. The second-order valence-corrected chi connectivity index (χ2v) is 6.01. The highest BCUT2D eigenvalue weighted by molar-refractivity contribution is 5.79. The number of benzene rings is 2. The van der Waals surface area contributed by atoms with Gasteiger partial charge in [0, 0.05) is 6.54 Å². The Morgan fingerprint density at radius 3 is 1.96 bits per heavy atom. The summed E-state index contributed by atoms with van der Waals surface area (Å²) < 4.78 is 53.4. The maximum Gasteiger partial charge on any atom is 0.416 e. The fourth-order valence-electron chi connectivity index (χ4n) is 2.69. The number of amides is 1. The van der Waals surface area contributed by atoms with Crippen molar-refractivity contribution in [3.05, 3.63) is 53.1 Å². The highest BCUT2D eigenvalue weighted by atomic mass is 19.4. The van der Waals surface area contributed by atoms with E-state index in [9.17, 15) is 18.0 Å². The van der Waals surface area contributed by atoms with Gasteiger partial charge in [-0.15, -0.1) is 0 Å². The summed E-state index contributed by atoms with van der Waals surface area (Å²) in [6.45, 7) is 0.314. The normalized spacial score (nSPS) is 11.1. The molecule has 0 unspecified atom stereocenters. The predicted molar refractivity (Wildman–Crippen MR) is 98.0 cm³/mol. The number of carbonyl (C=O) groups is 1. The Morgan fingerprint density at radius 2 is 1.50 bits per heavy atom. The van der Waals surface area contributed by atoms with Gasteiger partial charge in [-0.1, -0.05) is 12.1 Å². The highest BCUT2D eigenvalue weighted by Crippen LogP contribution is 2.38. The third-order valence-corrected chi connectivity index (χ3v) is 4.11. The number of nitrogens with one attached hydrogen (secondary N) is 1. The van der Waals surface area contributed by atoms with Crippen LogP contribution in [0.25, 0.3) is 0 Å². The summed E-state index contributed by atoms with van der Waals surface area (Å²) in [7, 11) is 4.48. The van der Waals surface area contributed by atoms with Gasteiger partial charge in [0.15, 0.2) is 11.5 Å². The van der Waals surface area contributed by atoms with Crippen molar-refractivity contribution in [1.82, 2.24) is 5.32 Å². The van der Waals surface area contributed by atoms with Crippen LogP contribution in [0.15, 0.2) is 36.4 Å². The molecular formula is C20H22F3NO4. The molecule has 0 bridgehead atoms. The molecule has 0 saturated carbocycles. The summed E-state index contributed by atoms with van der Waals surface area (Å²) in [6, 6.07) is 8.27. The van der Waals surface area contributed by atoms with Gasteiger partial charge >= 0.3 is 6.18 Å². The van der Waals surface area contributed by atoms with Crippen molar-refractivity contribution in [3.63, 3.8) is 0 Å². The molecule has 5 nitrogen and oxygen atoms in total. The fourth-order valence-corrected chi connectivity index (χ4v) is 2.69. The summed E-state index contributed by atoms with van der Waals surface area (Å²) in [4.78, 5) is 12.2. The second-order valence-electron chi connectivity index (χ2n) is 6.01. The summed E-state index contributed by atoms with van der Waals surface area (Å²) >= 11 is 0. The van der Waals surface area contributed by atoms with Gasteiger partial charge in [-0.25, -0.2) is 0 Å². The first-order valence-corrected chi connectivity index (χ1v) is 8.50. The summed E-state index contributed by atoms with van der Waals surface area (Å²) in [6.07, 6.45) is -3.82. The summed E-state index contributed by atoms with van der Waals surface area (Å²) in [5, 5.41) is 2.75. The Morgan fingerprint density at radius 1 is 0.929 bits per heavy atom. The van der Waals surface area contributed by atoms with E-state index < -0.39 is 11.7 Å². The van der Waals surface area contributed by atoms with Crippen LogP contribution in [0.5, 0.6) is 17.2 Å². The Balaban J connectivity index is 1.92. The Hall–Kier alpha value is -2.90. The van der Waals surface area contributed by atoms with Crippen molar-refractivity contribution in [3.8, 4) is 17.2 Å². The van der Waals surface area contributed by atoms with E-state index in [4.69, 9.17) is 14.2 Å². The van der Waals surface area contributed by atoms with Crippen molar-refractivity contribution >= 4 is 5.91 Å². The van der Waals surface area contributed by atoms with Crippen LogP contribution in [0.3, 0.4) is 0 Å². The summed E-state index contributed by atoms with van der Waals surface area (Å²) in [5.74, 6) is 1.13. The molecule has 152 valence electrons. The topological polar surface area (TPSA) is 56.8 Å². The number of hydrogen-bond acceptors (Lipinski definition) is 4. The molecule has 0 aliphatic carbocycles. The Kier molecular flexibility index (Phi) is 7.14. The lowest BCUT2D eigenvalue weighted by Crippen LogP contribution is -2.27. The number of carbonyl (C=O) groups excluding carboxylic acids is 1. The number of methoxy groups -OCH3 is 3. The van der Waals surface area contributed by atoms with Crippen molar-refractivity contribution in [2.24, 2.45) is 0 Å². The smallest absolute Gasteiger partial charge is 0.416 e. The van der Waals surface area contributed by atoms with Crippen LogP contribution < -0.4 is 19.5 Å². The number of halogens is 3. The van der Waals surface area contributed by atoms with Crippen LogP contribution in [0, 0.1) is 0 Å². The van der Waals surface area contributed by atoms with E-state index in [2.05, 4.69) is 5.32 Å². The Bertz CT molecular complexity index is 779. The number of rotatable bonds is 8.